The number of esters is 1. The van der Waals surface area contributed by atoms with Crippen LogP contribution in [0.25, 0.3) is 11.4 Å². The van der Waals surface area contributed by atoms with Crippen molar-refractivity contribution in [1.82, 2.24) is 30.0 Å². The number of hydrogen-bond donors (Lipinski definition) is 0. The third-order valence-corrected chi connectivity index (χ3v) is 3.41. The van der Waals surface area contributed by atoms with Crippen molar-refractivity contribution < 1.29 is 9.53 Å². The van der Waals surface area contributed by atoms with Crippen LogP contribution in [0.3, 0.4) is 0 Å². The fraction of sp³-hybridized carbons (Fsp3) is 0.312. The topological polar surface area (TPSA) is 87.7 Å². The fourth-order valence-corrected chi connectivity index (χ4v) is 2.14. The van der Waals surface area contributed by atoms with Gasteiger partial charge >= 0.3 is 5.97 Å². The molecule has 0 amide bonds. The molecule has 0 aliphatic rings. The Morgan fingerprint density at radius 2 is 2.08 bits per heavy atom. The SMILES string of the molecule is CCn1cc(C(=O)OCCCn2nnc(-c3ccccc3)n2)cn1. The van der Waals surface area contributed by atoms with Crippen LogP contribution in [0.1, 0.15) is 23.7 Å². The molecule has 24 heavy (non-hydrogen) atoms. The number of hydrogen-bond acceptors (Lipinski definition) is 6. The van der Waals surface area contributed by atoms with Crippen LogP contribution in [-0.4, -0.2) is 42.6 Å². The Kier molecular flexibility index (Phi) is 4.95. The third kappa shape index (κ3) is 3.83. The molecule has 2 aromatic heterocycles. The summed E-state index contributed by atoms with van der Waals surface area (Å²) in [6.07, 6.45) is 3.79. The van der Waals surface area contributed by atoms with Gasteiger partial charge in [-0.15, -0.1) is 10.2 Å². The minimum atomic E-state index is -0.369. The average Bonchev–Trinajstić information content (AvgIpc) is 3.28. The lowest BCUT2D eigenvalue weighted by Crippen LogP contribution is -2.10. The normalized spacial score (nSPS) is 10.7. The van der Waals surface area contributed by atoms with Crippen LogP contribution in [-0.2, 0) is 17.8 Å². The van der Waals surface area contributed by atoms with Crippen molar-refractivity contribution in [2.75, 3.05) is 6.61 Å². The first-order valence-electron chi connectivity index (χ1n) is 7.79. The van der Waals surface area contributed by atoms with Gasteiger partial charge in [-0.25, -0.2) is 4.79 Å². The summed E-state index contributed by atoms with van der Waals surface area (Å²) in [7, 11) is 0. The lowest BCUT2D eigenvalue weighted by molar-refractivity contribution is 0.0493. The first kappa shape index (κ1) is 15.9. The van der Waals surface area contributed by atoms with Crippen LogP contribution >= 0.6 is 0 Å². The van der Waals surface area contributed by atoms with Gasteiger partial charge in [0, 0.05) is 24.7 Å². The number of aromatic nitrogens is 6. The molecule has 0 fully saturated rings. The Morgan fingerprint density at radius 1 is 1.25 bits per heavy atom. The zero-order chi connectivity index (χ0) is 16.8. The van der Waals surface area contributed by atoms with Crippen molar-refractivity contribution >= 4 is 5.97 Å². The molecule has 0 N–H and O–H groups in total. The number of aryl methyl sites for hydroxylation is 2. The van der Waals surface area contributed by atoms with Gasteiger partial charge in [-0.05, 0) is 12.1 Å². The zero-order valence-corrected chi connectivity index (χ0v) is 13.4. The summed E-state index contributed by atoms with van der Waals surface area (Å²) < 4.78 is 6.90. The molecular formula is C16H18N6O2. The van der Waals surface area contributed by atoms with Crippen molar-refractivity contribution in [2.24, 2.45) is 0 Å². The van der Waals surface area contributed by atoms with E-state index in [0.29, 0.717) is 31.0 Å². The molecule has 3 aromatic rings. The maximum absolute atomic E-state index is 11.8. The van der Waals surface area contributed by atoms with E-state index < -0.39 is 0 Å². The molecule has 124 valence electrons. The Hall–Kier alpha value is -3.03. The predicted octanol–water partition coefficient (Wildman–Crippen LogP) is 1.80. The Labute approximate surface area is 139 Å². The molecule has 0 saturated heterocycles. The Morgan fingerprint density at radius 3 is 2.83 bits per heavy atom. The highest BCUT2D eigenvalue weighted by molar-refractivity contribution is 5.88. The zero-order valence-electron chi connectivity index (χ0n) is 13.4. The predicted molar refractivity (Wildman–Crippen MR) is 86.1 cm³/mol. The molecule has 0 unspecified atom stereocenters. The van der Waals surface area contributed by atoms with Crippen LogP contribution < -0.4 is 0 Å². The van der Waals surface area contributed by atoms with Gasteiger partial charge in [0.25, 0.3) is 0 Å². The summed E-state index contributed by atoms with van der Waals surface area (Å²) in [6, 6.07) is 9.65. The number of rotatable bonds is 7. The van der Waals surface area contributed by atoms with E-state index in [-0.39, 0.29) is 5.97 Å². The van der Waals surface area contributed by atoms with Gasteiger partial charge in [0.15, 0.2) is 0 Å². The second kappa shape index (κ2) is 7.49. The standard InChI is InChI=1S/C16H18N6O2/c1-2-21-12-14(11-17-21)16(23)24-10-6-9-22-19-15(18-20-22)13-7-4-3-5-8-13/h3-5,7-8,11-12H,2,6,9-10H2,1H3. The molecule has 0 atom stereocenters. The van der Waals surface area contributed by atoms with Gasteiger partial charge in [0.1, 0.15) is 0 Å². The molecule has 0 spiro atoms. The van der Waals surface area contributed by atoms with E-state index in [4.69, 9.17) is 4.74 Å². The van der Waals surface area contributed by atoms with Crippen molar-refractivity contribution in [1.29, 1.82) is 0 Å². The highest BCUT2D eigenvalue weighted by Gasteiger charge is 2.10. The van der Waals surface area contributed by atoms with E-state index in [2.05, 4.69) is 20.5 Å². The molecular weight excluding hydrogens is 308 g/mol. The number of ether oxygens (including phenoxy) is 1. The van der Waals surface area contributed by atoms with Crippen molar-refractivity contribution in [3.05, 3.63) is 48.3 Å². The van der Waals surface area contributed by atoms with Gasteiger partial charge in [-0.3, -0.25) is 4.68 Å². The van der Waals surface area contributed by atoms with Crippen LogP contribution in [0.5, 0.6) is 0 Å². The third-order valence-electron chi connectivity index (χ3n) is 3.41. The maximum atomic E-state index is 11.8. The summed E-state index contributed by atoms with van der Waals surface area (Å²) in [5.41, 5.74) is 1.38. The molecule has 0 aliphatic heterocycles. The summed E-state index contributed by atoms with van der Waals surface area (Å²) in [4.78, 5) is 13.4. The van der Waals surface area contributed by atoms with Gasteiger partial charge < -0.3 is 4.74 Å². The van der Waals surface area contributed by atoms with Gasteiger partial charge in [0.05, 0.1) is 24.9 Å². The second-order valence-corrected chi connectivity index (χ2v) is 5.15. The van der Waals surface area contributed by atoms with Crippen LogP contribution in [0.15, 0.2) is 42.7 Å². The molecule has 0 bridgehead atoms. The average molecular weight is 326 g/mol. The minimum absolute atomic E-state index is 0.290. The molecule has 8 nitrogen and oxygen atoms in total. The van der Waals surface area contributed by atoms with E-state index in [1.807, 2.05) is 37.3 Å². The molecule has 0 aliphatic carbocycles. The van der Waals surface area contributed by atoms with Crippen LogP contribution in [0.4, 0.5) is 0 Å². The van der Waals surface area contributed by atoms with Gasteiger partial charge in [-0.1, -0.05) is 30.3 Å². The van der Waals surface area contributed by atoms with E-state index in [1.165, 1.54) is 11.0 Å². The van der Waals surface area contributed by atoms with Crippen LogP contribution in [0, 0.1) is 0 Å². The Balaban J connectivity index is 1.45. The van der Waals surface area contributed by atoms with E-state index >= 15 is 0 Å². The van der Waals surface area contributed by atoms with E-state index in [9.17, 15) is 4.79 Å². The first-order valence-corrected chi connectivity index (χ1v) is 7.79. The molecule has 3 rings (SSSR count). The molecule has 0 radical (unpaired) electrons. The fourth-order valence-electron chi connectivity index (χ4n) is 2.14. The summed E-state index contributed by atoms with van der Waals surface area (Å²) >= 11 is 0. The number of carbonyl (C=O) groups is 1. The summed E-state index contributed by atoms with van der Waals surface area (Å²) in [6.45, 7) is 3.49. The minimum Gasteiger partial charge on any atom is -0.462 e. The lowest BCUT2D eigenvalue weighted by atomic mass is 10.2. The smallest absolute Gasteiger partial charge is 0.341 e. The van der Waals surface area contributed by atoms with Crippen molar-refractivity contribution in [3.63, 3.8) is 0 Å². The van der Waals surface area contributed by atoms with Crippen molar-refractivity contribution in [2.45, 2.75) is 26.4 Å². The monoisotopic (exact) mass is 326 g/mol. The first-order chi connectivity index (χ1) is 11.8. The highest BCUT2D eigenvalue weighted by atomic mass is 16.5. The number of tetrazole rings is 1. The molecule has 8 heteroatoms. The molecule has 2 heterocycles. The van der Waals surface area contributed by atoms with Crippen molar-refractivity contribution in [3.8, 4) is 11.4 Å². The number of benzene rings is 1. The van der Waals surface area contributed by atoms with Crippen LogP contribution in [0.2, 0.25) is 0 Å². The lowest BCUT2D eigenvalue weighted by Gasteiger charge is -2.02. The largest absolute Gasteiger partial charge is 0.462 e. The maximum Gasteiger partial charge on any atom is 0.341 e. The van der Waals surface area contributed by atoms with Gasteiger partial charge in [0.2, 0.25) is 5.82 Å². The van der Waals surface area contributed by atoms with E-state index in [0.717, 1.165) is 12.1 Å². The van der Waals surface area contributed by atoms with E-state index in [1.54, 1.807) is 10.9 Å². The number of nitrogens with zero attached hydrogens (tertiary/aromatic N) is 6. The molecule has 1 aromatic carbocycles. The second-order valence-electron chi connectivity index (χ2n) is 5.15. The highest BCUT2D eigenvalue weighted by Crippen LogP contribution is 2.11. The summed E-state index contributed by atoms with van der Waals surface area (Å²) in [5, 5.41) is 16.4. The Bertz CT molecular complexity index is 796. The quantitative estimate of drug-likeness (QED) is 0.486. The summed E-state index contributed by atoms with van der Waals surface area (Å²) in [5.74, 6) is 0.214. The van der Waals surface area contributed by atoms with Gasteiger partial charge in [-0.2, -0.15) is 9.90 Å². The molecule has 0 saturated carbocycles. The number of carbonyl (C=O) groups excluding carboxylic acids is 1.